The number of halogens is 3. The number of imide groups is 1. The number of nitrogens with zero attached hydrogens (tertiary/aromatic N) is 2. The number of morpholine rings is 1. The third kappa shape index (κ3) is 7.43. The van der Waals surface area contributed by atoms with Gasteiger partial charge in [-0.1, -0.05) is 18.2 Å². The second kappa shape index (κ2) is 9.56. The smallest absolute Gasteiger partial charge is 0.378 e. The van der Waals surface area contributed by atoms with Crippen molar-refractivity contribution in [1.29, 1.82) is 0 Å². The third-order valence-corrected chi connectivity index (χ3v) is 3.90. The third-order valence-electron chi connectivity index (χ3n) is 3.90. The Labute approximate surface area is 155 Å². The van der Waals surface area contributed by atoms with Gasteiger partial charge in [-0.15, -0.1) is 0 Å². The summed E-state index contributed by atoms with van der Waals surface area (Å²) in [6, 6.07) is 6.62. The fourth-order valence-electron chi connectivity index (χ4n) is 2.74. The second-order valence-electron chi connectivity index (χ2n) is 6.25. The first-order valence-corrected chi connectivity index (χ1v) is 8.48. The number of nitrogens with one attached hydrogen (secondary N) is 2. The fourth-order valence-corrected chi connectivity index (χ4v) is 2.74. The molecule has 1 aliphatic heterocycles. The van der Waals surface area contributed by atoms with E-state index in [1.165, 1.54) is 0 Å². The second-order valence-corrected chi connectivity index (χ2v) is 6.25. The monoisotopic (exact) mass is 388 g/mol. The summed E-state index contributed by atoms with van der Waals surface area (Å²) in [5.74, 6) is -0.680. The molecule has 1 aromatic carbocycles. The highest BCUT2D eigenvalue weighted by atomic mass is 19.4. The normalized spacial score (nSPS) is 14.9. The van der Waals surface area contributed by atoms with Gasteiger partial charge < -0.3 is 15.0 Å². The van der Waals surface area contributed by atoms with Crippen LogP contribution >= 0.6 is 0 Å². The van der Waals surface area contributed by atoms with Crippen molar-refractivity contribution in [3.63, 3.8) is 0 Å². The largest absolute Gasteiger partial charge is 0.405 e. The number of carbonyl (C=O) groups is 2. The van der Waals surface area contributed by atoms with Gasteiger partial charge in [-0.05, 0) is 18.7 Å². The van der Waals surface area contributed by atoms with Crippen molar-refractivity contribution in [1.82, 2.24) is 15.5 Å². The lowest BCUT2D eigenvalue weighted by Crippen LogP contribution is -2.46. The van der Waals surface area contributed by atoms with Crippen LogP contribution < -0.4 is 15.5 Å². The van der Waals surface area contributed by atoms with E-state index in [2.05, 4.69) is 4.90 Å². The van der Waals surface area contributed by atoms with Crippen molar-refractivity contribution in [3.8, 4) is 0 Å². The molecule has 2 rings (SSSR count). The van der Waals surface area contributed by atoms with E-state index in [1.54, 1.807) is 17.3 Å². The lowest BCUT2D eigenvalue weighted by Gasteiger charge is -2.31. The van der Waals surface area contributed by atoms with Crippen molar-refractivity contribution in [3.05, 3.63) is 29.8 Å². The summed E-state index contributed by atoms with van der Waals surface area (Å²) >= 11 is 0. The first kappa shape index (κ1) is 21.0. The summed E-state index contributed by atoms with van der Waals surface area (Å²) < 4.78 is 41.5. The summed E-state index contributed by atoms with van der Waals surface area (Å²) in [6.45, 7) is 1.69. The van der Waals surface area contributed by atoms with Crippen LogP contribution in [-0.4, -0.2) is 69.5 Å². The van der Waals surface area contributed by atoms with Gasteiger partial charge >= 0.3 is 12.2 Å². The lowest BCUT2D eigenvalue weighted by atomic mass is 10.1. The number of hydrogen-bond donors (Lipinski definition) is 2. The van der Waals surface area contributed by atoms with Crippen LogP contribution in [0.2, 0.25) is 0 Å². The maximum Gasteiger partial charge on any atom is 0.405 e. The molecule has 0 aromatic heterocycles. The van der Waals surface area contributed by atoms with Crippen molar-refractivity contribution in [2.45, 2.75) is 12.7 Å². The molecule has 0 bridgehead atoms. The van der Waals surface area contributed by atoms with Gasteiger partial charge in [0, 0.05) is 25.3 Å². The number of urea groups is 1. The maximum atomic E-state index is 12.0. The zero-order chi connectivity index (χ0) is 19.9. The molecule has 0 atom stereocenters. The van der Waals surface area contributed by atoms with Gasteiger partial charge in [0.15, 0.2) is 0 Å². The zero-order valence-electron chi connectivity index (χ0n) is 15.0. The van der Waals surface area contributed by atoms with E-state index in [-0.39, 0.29) is 6.54 Å². The predicted octanol–water partition coefficient (Wildman–Crippen LogP) is 1.34. The van der Waals surface area contributed by atoms with E-state index < -0.39 is 24.7 Å². The summed E-state index contributed by atoms with van der Waals surface area (Å²) in [6.07, 6.45) is -4.53. The number of para-hydroxylation sites is 1. The molecule has 0 unspecified atom stereocenters. The van der Waals surface area contributed by atoms with E-state index in [0.29, 0.717) is 19.8 Å². The van der Waals surface area contributed by atoms with E-state index >= 15 is 0 Å². The van der Waals surface area contributed by atoms with Crippen LogP contribution in [0.4, 0.5) is 23.7 Å². The highest BCUT2D eigenvalue weighted by Crippen LogP contribution is 2.22. The van der Waals surface area contributed by atoms with Gasteiger partial charge in [-0.2, -0.15) is 13.2 Å². The number of hydrogen-bond acceptors (Lipinski definition) is 5. The number of anilines is 1. The van der Waals surface area contributed by atoms with Gasteiger partial charge in [-0.25, -0.2) is 4.79 Å². The summed E-state index contributed by atoms with van der Waals surface area (Å²) in [7, 11) is 1.70. The van der Waals surface area contributed by atoms with Crippen molar-refractivity contribution >= 4 is 17.6 Å². The average Bonchev–Trinajstić information content (AvgIpc) is 2.60. The van der Waals surface area contributed by atoms with Crippen LogP contribution in [-0.2, 0) is 16.1 Å². The number of carbonyl (C=O) groups excluding carboxylic acids is 2. The maximum absolute atomic E-state index is 12.0. The Morgan fingerprint density at radius 1 is 1.22 bits per heavy atom. The fraction of sp³-hybridized carbons (Fsp3) is 0.529. The molecule has 0 radical (unpaired) electrons. The molecular formula is C17H23F3N4O3. The van der Waals surface area contributed by atoms with Crippen LogP contribution in [0.25, 0.3) is 0 Å². The molecule has 150 valence electrons. The number of amides is 3. The molecule has 1 saturated heterocycles. The van der Waals surface area contributed by atoms with E-state index in [4.69, 9.17) is 4.74 Å². The molecule has 1 aliphatic rings. The molecule has 7 nitrogen and oxygen atoms in total. The molecule has 2 N–H and O–H groups in total. The van der Waals surface area contributed by atoms with Gasteiger partial charge in [-0.3, -0.25) is 15.0 Å². The topological polar surface area (TPSA) is 73.9 Å². The molecule has 0 aliphatic carbocycles. The lowest BCUT2D eigenvalue weighted by molar-refractivity contribution is -0.125. The Morgan fingerprint density at radius 2 is 1.89 bits per heavy atom. The van der Waals surface area contributed by atoms with E-state index in [9.17, 15) is 22.8 Å². The molecule has 0 saturated carbocycles. The predicted molar refractivity (Wildman–Crippen MR) is 93.4 cm³/mol. The van der Waals surface area contributed by atoms with Crippen LogP contribution in [0.1, 0.15) is 5.56 Å². The SMILES string of the molecule is CN(CC(=O)NC(=O)NCC(F)(F)F)Cc1ccccc1N1CCOCC1. The van der Waals surface area contributed by atoms with Crippen LogP contribution in [0.15, 0.2) is 24.3 Å². The number of ether oxygens (including phenoxy) is 1. The number of likely N-dealkylation sites (N-methyl/N-ethyl adjacent to an activating group) is 1. The van der Waals surface area contributed by atoms with Crippen molar-refractivity contribution in [2.75, 3.05) is 51.3 Å². The van der Waals surface area contributed by atoms with Gasteiger partial charge in [0.2, 0.25) is 5.91 Å². The van der Waals surface area contributed by atoms with Gasteiger partial charge in [0.25, 0.3) is 0 Å². The van der Waals surface area contributed by atoms with Crippen LogP contribution in [0.5, 0.6) is 0 Å². The Morgan fingerprint density at radius 3 is 2.56 bits per heavy atom. The quantitative estimate of drug-likeness (QED) is 0.770. The average molecular weight is 388 g/mol. The summed E-state index contributed by atoms with van der Waals surface area (Å²) in [5.41, 5.74) is 2.06. The van der Waals surface area contributed by atoms with Crippen LogP contribution in [0, 0.1) is 0 Å². The number of alkyl halides is 3. The molecule has 27 heavy (non-hydrogen) atoms. The Balaban J connectivity index is 1.85. The molecule has 1 heterocycles. The Bertz CT molecular complexity index is 649. The molecule has 1 aromatic rings. The highest BCUT2D eigenvalue weighted by Gasteiger charge is 2.28. The number of benzene rings is 1. The highest BCUT2D eigenvalue weighted by molar-refractivity contribution is 5.95. The summed E-state index contributed by atoms with van der Waals surface area (Å²) in [5, 5.41) is 3.49. The van der Waals surface area contributed by atoms with E-state index in [1.807, 2.05) is 29.6 Å². The standard InChI is InChI=1S/C17H23F3N4O3/c1-23(11-15(25)22-16(26)21-12-17(18,19)20)10-13-4-2-3-5-14(13)24-6-8-27-9-7-24/h2-5H,6-12H2,1H3,(H2,21,22,25,26). The van der Waals surface area contributed by atoms with Gasteiger partial charge in [0.05, 0.1) is 19.8 Å². The first-order valence-electron chi connectivity index (χ1n) is 8.48. The summed E-state index contributed by atoms with van der Waals surface area (Å²) in [4.78, 5) is 27.1. The molecular weight excluding hydrogens is 365 g/mol. The Hall–Kier alpha value is -2.33. The first-order chi connectivity index (χ1) is 12.7. The molecule has 10 heteroatoms. The number of rotatable bonds is 6. The molecule has 0 spiro atoms. The molecule has 3 amide bonds. The minimum Gasteiger partial charge on any atom is -0.378 e. The van der Waals surface area contributed by atoms with E-state index in [0.717, 1.165) is 24.3 Å². The minimum absolute atomic E-state index is 0.128. The van der Waals surface area contributed by atoms with Crippen molar-refractivity contribution in [2.24, 2.45) is 0 Å². The molecule has 1 fully saturated rings. The van der Waals surface area contributed by atoms with Crippen molar-refractivity contribution < 1.29 is 27.5 Å². The van der Waals surface area contributed by atoms with Crippen LogP contribution in [0.3, 0.4) is 0 Å². The Kier molecular flexibility index (Phi) is 7.43. The minimum atomic E-state index is -4.53. The van der Waals surface area contributed by atoms with Gasteiger partial charge in [0.1, 0.15) is 6.54 Å². The zero-order valence-corrected chi connectivity index (χ0v) is 15.0.